The van der Waals surface area contributed by atoms with Crippen molar-refractivity contribution < 1.29 is 4.79 Å². The summed E-state index contributed by atoms with van der Waals surface area (Å²) in [5.74, 6) is 1.21. The Kier molecular flexibility index (Phi) is 10.2. The quantitative estimate of drug-likeness (QED) is 0.424. The van der Waals surface area contributed by atoms with E-state index in [-0.39, 0.29) is 54.0 Å². The molecule has 1 aromatic carbocycles. The summed E-state index contributed by atoms with van der Waals surface area (Å²) in [6, 6.07) is 6.24. The SMILES string of the molecule is CC(N)=N[C@@H]1CCCC[C@@H]1Nc1nc(C(=O)NCC(C)(C)C)nc2ccc(C)cc12.Cl.Cl. The molecule has 2 aromatic rings. The number of hydrogen-bond acceptors (Lipinski definition) is 5. The highest BCUT2D eigenvalue weighted by atomic mass is 35.5. The van der Waals surface area contributed by atoms with Crippen molar-refractivity contribution >= 4 is 53.3 Å². The van der Waals surface area contributed by atoms with E-state index in [1.54, 1.807) is 0 Å². The minimum absolute atomic E-state index is 0. The number of aromatic nitrogens is 2. The van der Waals surface area contributed by atoms with Gasteiger partial charge in [-0.15, -0.1) is 24.8 Å². The van der Waals surface area contributed by atoms with Crippen molar-refractivity contribution in [1.29, 1.82) is 0 Å². The third kappa shape index (κ3) is 7.48. The Morgan fingerprint density at radius 1 is 1.19 bits per heavy atom. The zero-order valence-electron chi connectivity index (χ0n) is 19.6. The van der Waals surface area contributed by atoms with E-state index in [9.17, 15) is 4.79 Å². The fourth-order valence-corrected chi connectivity index (χ4v) is 3.75. The minimum Gasteiger partial charge on any atom is -0.388 e. The fraction of sp³-hybridized carbons (Fsp3) is 0.565. The molecule has 1 heterocycles. The Bertz CT molecular complexity index is 953. The Labute approximate surface area is 203 Å². The smallest absolute Gasteiger partial charge is 0.289 e. The minimum atomic E-state index is -0.258. The molecular weight excluding hydrogens is 447 g/mol. The summed E-state index contributed by atoms with van der Waals surface area (Å²) in [4.78, 5) is 26.6. The zero-order chi connectivity index (χ0) is 21.9. The first-order valence-corrected chi connectivity index (χ1v) is 10.8. The van der Waals surface area contributed by atoms with Gasteiger partial charge in [0, 0.05) is 18.0 Å². The van der Waals surface area contributed by atoms with Gasteiger partial charge >= 0.3 is 0 Å². The maximum Gasteiger partial charge on any atom is 0.289 e. The van der Waals surface area contributed by atoms with Gasteiger partial charge in [0.05, 0.1) is 17.4 Å². The predicted molar refractivity (Wildman–Crippen MR) is 138 cm³/mol. The van der Waals surface area contributed by atoms with E-state index < -0.39 is 0 Å². The third-order valence-corrected chi connectivity index (χ3v) is 5.25. The number of halogens is 2. The largest absolute Gasteiger partial charge is 0.388 e. The number of nitrogens with one attached hydrogen (secondary N) is 2. The van der Waals surface area contributed by atoms with Crippen LogP contribution in [-0.4, -0.2) is 40.3 Å². The van der Waals surface area contributed by atoms with Crippen LogP contribution in [0.15, 0.2) is 23.2 Å². The normalized spacial score (nSPS) is 19.0. The molecule has 4 N–H and O–H groups in total. The zero-order valence-corrected chi connectivity index (χ0v) is 21.2. The van der Waals surface area contributed by atoms with Gasteiger partial charge in [0.25, 0.3) is 5.91 Å². The van der Waals surface area contributed by atoms with Crippen molar-refractivity contribution in [3.05, 3.63) is 29.6 Å². The number of nitrogens with two attached hydrogens (primary N) is 1. The molecule has 1 saturated carbocycles. The number of aliphatic imine (C=N–C) groups is 1. The molecule has 1 fully saturated rings. The van der Waals surface area contributed by atoms with E-state index in [1.165, 1.54) is 0 Å². The summed E-state index contributed by atoms with van der Waals surface area (Å²) in [5.41, 5.74) is 7.72. The highest BCUT2D eigenvalue weighted by Crippen LogP contribution is 2.28. The lowest BCUT2D eigenvalue weighted by Crippen LogP contribution is -2.37. The van der Waals surface area contributed by atoms with Gasteiger partial charge in [-0.3, -0.25) is 9.79 Å². The van der Waals surface area contributed by atoms with E-state index in [0.29, 0.717) is 18.2 Å². The lowest BCUT2D eigenvalue weighted by Gasteiger charge is -2.30. The Morgan fingerprint density at radius 3 is 2.53 bits per heavy atom. The Hall–Kier alpha value is -2.12. The number of amidine groups is 1. The van der Waals surface area contributed by atoms with Gasteiger partial charge in [0.15, 0.2) is 0 Å². The summed E-state index contributed by atoms with van der Waals surface area (Å²) in [7, 11) is 0. The van der Waals surface area contributed by atoms with E-state index in [4.69, 9.17) is 5.73 Å². The van der Waals surface area contributed by atoms with Crippen molar-refractivity contribution in [1.82, 2.24) is 15.3 Å². The van der Waals surface area contributed by atoms with Crippen LogP contribution in [0, 0.1) is 12.3 Å². The van der Waals surface area contributed by atoms with Crippen molar-refractivity contribution in [3.63, 3.8) is 0 Å². The predicted octanol–water partition coefficient (Wildman–Crippen LogP) is 4.66. The molecule has 1 amide bonds. The van der Waals surface area contributed by atoms with Gasteiger partial charge in [-0.25, -0.2) is 9.97 Å². The molecule has 1 aliphatic carbocycles. The van der Waals surface area contributed by atoms with Crippen LogP contribution >= 0.6 is 24.8 Å². The molecule has 1 aromatic heterocycles. The van der Waals surface area contributed by atoms with Crippen LogP contribution < -0.4 is 16.4 Å². The molecule has 0 bridgehead atoms. The number of carbonyl (C=O) groups is 1. The van der Waals surface area contributed by atoms with Crippen LogP contribution in [-0.2, 0) is 0 Å². The van der Waals surface area contributed by atoms with E-state index >= 15 is 0 Å². The average molecular weight is 483 g/mol. The lowest BCUT2D eigenvalue weighted by atomic mass is 9.90. The van der Waals surface area contributed by atoms with Gasteiger partial charge in [-0.2, -0.15) is 0 Å². The number of rotatable bonds is 5. The molecule has 9 heteroatoms. The average Bonchev–Trinajstić information content (AvgIpc) is 2.66. The third-order valence-electron chi connectivity index (χ3n) is 5.25. The molecule has 0 saturated heterocycles. The number of amides is 1. The number of carbonyl (C=O) groups excluding carboxylic acids is 1. The van der Waals surface area contributed by atoms with Gasteiger partial charge < -0.3 is 16.4 Å². The number of fused-ring (bicyclic) bond motifs is 1. The summed E-state index contributed by atoms with van der Waals surface area (Å²) >= 11 is 0. The number of aryl methyl sites for hydroxylation is 1. The summed E-state index contributed by atoms with van der Waals surface area (Å²) in [6.07, 6.45) is 4.26. The second kappa shape index (κ2) is 11.7. The number of benzene rings is 1. The first kappa shape index (κ1) is 27.9. The fourth-order valence-electron chi connectivity index (χ4n) is 3.75. The molecule has 0 aliphatic heterocycles. The van der Waals surface area contributed by atoms with Crippen LogP contribution in [0.3, 0.4) is 0 Å². The first-order chi connectivity index (χ1) is 14.1. The van der Waals surface area contributed by atoms with Crippen molar-refractivity contribution in [3.8, 4) is 0 Å². The molecule has 7 nitrogen and oxygen atoms in total. The second-order valence-corrected chi connectivity index (χ2v) is 9.53. The highest BCUT2D eigenvalue weighted by Gasteiger charge is 2.26. The molecule has 0 spiro atoms. The molecule has 0 radical (unpaired) electrons. The molecule has 178 valence electrons. The van der Waals surface area contributed by atoms with Crippen LogP contribution in [0.4, 0.5) is 5.82 Å². The van der Waals surface area contributed by atoms with Crippen molar-refractivity contribution in [2.75, 3.05) is 11.9 Å². The summed E-state index contributed by atoms with van der Waals surface area (Å²) in [6.45, 7) is 10.7. The molecule has 1 aliphatic rings. The maximum atomic E-state index is 12.8. The topological polar surface area (TPSA) is 105 Å². The van der Waals surface area contributed by atoms with Crippen molar-refractivity contribution in [2.24, 2.45) is 16.1 Å². The first-order valence-electron chi connectivity index (χ1n) is 10.8. The van der Waals surface area contributed by atoms with Gasteiger partial charge in [-0.1, -0.05) is 45.2 Å². The van der Waals surface area contributed by atoms with Crippen LogP contribution in [0.2, 0.25) is 0 Å². The molecule has 0 unspecified atom stereocenters. The van der Waals surface area contributed by atoms with Crippen LogP contribution in [0.25, 0.3) is 10.9 Å². The van der Waals surface area contributed by atoms with Gasteiger partial charge in [-0.05, 0) is 44.2 Å². The second-order valence-electron chi connectivity index (χ2n) is 9.53. The van der Waals surface area contributed by atoms with Crippen LogP contribution in [0.5, 0.6) is 0 Å². The molecule has 3 rings (SSSR count). The van der Waals surface area contributed by atoms with Gasteiger partial charge in [0.1, 0.15) is 5.82 Å². The van der Waals surface area contributed by atoms with E-state index in [0.717, 1.165) is 42.1 Å². The number of nitrogens with zero attached hydrogens (tertiary/aromatic N) is 3. The molecule has 2 atom stereocenters. The standard InChI is InChI=1S/C23H34N6O.2ClH/c1-14-10-11-17-16(12-14)20(28-19-9-7-6-8-18(19)26-15(2)24)29-21(27-17)22(30)25-13-23(3,4)5;;/h10-12,18-19H,6-9,13H2,1-5H3,(H2,24,26)(H,25,30)(H,27,28,29);2*1H/t18-,19+;;/m1../s1. The number of hydrogen-bond donors (Lipinski definition) is 3. The van der Waals surface area contributed by atoms with Crippen LogP contribution in [0.1, 0.15) is 69.6 Å². The molecular formula is C23H36Cl2N6O. The monoisotopic (exact) mass is 482 g/mol. The lowest BCUT2D eigenvalue weighted by molar-refractivity contribution is 0.0929. The number of anilines is 1. The van der Waals surface area contributed by atoms with Gasteiger partial charge in [0.2, 0.25) is 5.82 Å². The highest BCUT2D eigenvalue weighted by molar-refractivity contribution is 5.96. The summed E-state index contributed by atoms with van der Waals surface area (Å²) in [5, 5.41) is 7.45. The maximum absolute atomic E-state index is 12.8. The summed E-state index contributed by atoms with van der Waals surface area (Å²) < 4.78 is 0. The Morgan fingerprint density at radius 2 is 1.88 bits per heavy atom. The van der Waals surface area contributed by atoms with E-state index in [2.05, 4.69) is 52.4 Å². The molecule has 32 heavy (non-hydrogen) atoms. The van der Waals surface area contributed by atoms with Crippen molar-refractivity contribution in [2.45, 2.75) is 72.4 Å². The Balaban J connectivity index is 0.00000256. The van der Waals surface area contributed by atoms with E-state index in [1.807, 2.05) is 26.0 Å².